The SMILES string of the molecule is O=[N+]([O-])c1ccc(NCCCO)c2ccccc12. The lowest BCUT2D eigenvalue weighted by Gasteiger charge is -2.09. The Morgan fingerprint density at radius 2 is 1.89 bits per heavy atom. The van der Waals surface area contributed by atoms with Crippen molar-refractivity contribution < 1.29 is 10.0 Å². The third-order valence-electron chi connectivity index (χ3n) is 2.75. The van der Waals surface area contributed by atoms with Gasteiger partial charge in [0.1, 0.15) is 0 Å². The maximum absolute atomic E-state index is 10.9. The van der Waals surface area contributed by atoms with Crippen LogP contribution in [0.4, 0.5) is 11.4 Å². The van der Waals surface area contributed by atoms with E-state index in [-0.39, 0.29) is 17.2 Å². The number of non-ortho nitro benzene ring substituents is 1. The largest absolute Gasteiger partial charge is 0.396 e. The van der Waals surface area contributed by atoms with Crippen LogP contribution in [0.5, 0.6) is 0 Å². The van der Waals surface area contributed by atoms with E-state index in [1.54, 1.807) is 18.2 Å². The third-order valence-corrected chi connectivity index (χ3v) is 2.75. The van der Waals surface area contributed by atoms with Gasteiger partial charge in [-0.25, -0.2) is 0 Å². The van der Waals surface area contributed by atoms with E-state index in [2.05, 4.69) is 5.32 Å². The van der Waals surface area contributed by atoms with Crippen LogP contribution in [0.2, 0.25) is 0 Å². The topological polar surface area (TPSA) is 75.4 Å². The van der Waals surface area contributed by atoms with Crippen LogP contribution in [0, 0.1) is 10.1 Å². The Kier molecular flexibility index (Phi) is 3.74. The minimum absolute atomic E-state index is 0.110. The van der Waals surface area contributed by atoms with E-state index in [1.165, 1.54) is 6.07 Å². The van der Waals surface area contributed by atoms with Crippen molar-refractivity contribution in [2.45, 2.75) is 6.42 Å². The zero-order chi connectivity index (χ0) is 13.0. The predicted molar refractivity (Wildman–Crippen MR) is 70.8 cm³/mol. The van der Waals surface area contributed by atoms with Crippen LogP contribution in [-0.2, 0) is 0 Å². The number of nitrogens with one attached hydrogen (secondary N) is 1. The molecule has 2 rings (SSSR count). The lowest BCUT2D eigenvalue weighted by molar-refractivity contribution is -0.383. The summed E-state index contributed by atoms with van der Waals surface area (Å²) in [5.41, 5.74) is 0.961. The molecule has 0 aliphatic carbocycles. The standard InChI is InChI=1S/C13H14N2O3/c16-9-3-8-14-12-6-7-13(15(17)18)11-5-2-1-4-10(11)12/h1-2,4-7,14,16H,3,8-9H2. The van der Waals surface area contributed by atoms with Gasteiger partial charge in [-0.15, -0.1) is 0 Å². The normalized spacial score (nSPS) is 10.5. The lowest BCUT2D eigenvalue weighted by atomic mass is 10.1. The zero-order valence-corrected chi connectivity index (χ0v) is 9.80. The molecule has 0 heterocycles. The Morgan fingerprint density at radius 1 is 1.17 bits per heavy atom. The smallest absolute Gasteiger partial charge is 0.277 e. The second-order valence-corrected chi connectivity index (χ2v) is 3.94. The molecule has 0 radical (unpaired) electrons. The van der Waals surface area contributed by atoms with Crippen LogP contribution in [0.15, 0.2) is 36.4 Å². The molecule has 0 fully saturated rings. The van der Waals surface area contributed by atoms with Crippen molar-refractivity contribution >= 4 is 22.1 Å². The number of rotatable bonds is 5. The highest BCUT2D eigenvalue weighted by molar-refractivity contribution is 5.99. The van der Waals surface area contributed by atoms with E-state index in [0.717, 1.165) is 11.1 Å². The van der Waals surface area contributed by atoms with E-state index >= 15 is 0 Å². The zero-order valence-electron chi connectivity index (χ0n) is 9.80. The molecule has 94 valence electrons. The minimum Gasteiger partial charge on any atom is -0.396 e. The molecule has 0 atom stereocenters. The number of aliphatic hydroxyl groups excluding tert-OH is 1. The predicted octanol–water partition coefficient (Wildman–Crippen LogP) is 2.54. The van der Waals surface area contributed by atoms with Gasteiger partial charge in [0.15, 0.2) is 0 Å². The van der Waals surface area contributed by atoms with Gasteiger partial charge < -0.3 is 10.4 Å². The average Bonchev–Trinajstić information content (AvgIpc) is 2.38. The number of hydrogen-bond donors (Lipinski definition) is 2. The highest BCUT2D eigenvalue weighted by Gasteiger charge is 2.13. The number of benzene rings is 2. The Morgan fingerprint density at radius 3 is 2.56 bits per heavy atom. The first-order valence-corrected chi connectivity index (χ1v) is 5.75. The first-order chi connectivity index (χ1) is 8.74. The van der Waals surface area contributed by atoms with E-state index in [1.807, 2.05) is 12.1 Å². The van der Waals surface area contributed by atoms with Crippen molar-refractivity contribution in [3.05, 3.63) is 46.5 Å². The van der Waals surface area contributed by atoms with Crippen LogP contribution in [0.1, 0.15) is 6.42 Å². The quantitative estimate of drug-likeness (QED) is 0.483. The first-order valence-electron chi connectivity index (χ1n) is 5.75. The van der Waals surface area contributed by atoms with E-state index in [0.29, 0.717) is 18.4 Å². The summed E-state index contributed by atoms with van der Waals surface area (Å²) in [5, 5.41) is 24.3. The average molecular weight is 246 g/mol. The molecule has 0 aliphatic rings. The molecule has 0 aromatic heterocycles. The maximum Gasteiger partial charge on any atom is 0.277 e. The second-order valence-electron chi connectivity index (χ2n) is 3.94. The number of hydrogen-bond acceptors (Lipinski definition) is 4. The maximum atomic E-state index is 10.9. The number of anilines is 1. The summed E-state index contributed by atoms with van der Waals surface area (Å²) in [7, 11) is 0. The fourth-order valence-corrected chi connectivity index (χ4v) is 1.90. The first kappa shape index (κ1) is 12.3. The van der Waals surface area contributed by atoms with Crippen LogP contribution in [-0.4, -0.2) is 23.2 Å². The van der Waals surface area contributed by atoms with Crippen molar-refractivity contribution in [1.82, 2.24) is 0 Å². The van der Waals surface area contributed by atoms with Gasteiger partial charge in [0, 0.05) is 30.3 Å². The summed E-state index contributed by atoms with van der Waals surface area (Å²) in [6.07, 6.45) is 0.644. The Bertz CT molecular complexity index is 569. The highest BCUT2D eigenvalue weighted by atomic mass is 16.6. The van der Waals surface area contributed by atoms with Gasteiger partial charge in [-0.3, -0.25) is 10.1 Å². The van der Waals surface area contributed by atoms with Gasteiger partial charge in [-0.2, -0.15) is 0 Å². The molecule has 0 amide bonds. The van der Waals surface area contributed by atoms with Gasteiger partial charge in [0.05, 0.1) is 10.3 Å². The van der Waals surface area contributed by atoms with Gasteiger partial charge >= 0.3 is 0 Å². The molecule has 0 spiro atoms. The third kappa shape index (κ3) is 2.41. The molecular weight excluding hydrogens is 232 g/mol. The summed E-state index contributed by atoms with van der Waals surface area (Å²) in [6.45, 7) is 0.760. The molecule has 0 saturated heterocycles. The Balaban J connectivity index is 2.44. The minimum atomic E-state index is -0.375. The Labute approximate surface area is 104 Å². The molecule has 0 aliphatic heterocycles. The van der Waals surface area contributed by atoms with Crippen LogP contribution in [0.25, 0.3) is 10.8 Å². The second kappa shape index (κ2) is 5.46. The van der Waals surface area contributed by atoms with E-state index in [9.17, 15) is 10.1 Å². The van der Waals surface area contributed by atoms with Crippen LogP contribution in [0.3, 0.4) is 0 Å². The molecule has 2 aromatic carbocycles. The van der Waals surface area contributed by atoms with Crippen molar-refractivity contribution in [3.8, 4) is 0 Å². The molecule has 0 saturated carbocycles. The van der Waals surface area contributed by atoms with Crippen molar-refractivity contribution in [3.63, 3.8) is 0 Å². The van der Waals surface area contributed by atoms with E-state index < -0.39 is 0 Å². The van der Waals surface area contributed by atoms with Gasteiger partial charge in [0.2, 0.25) is 0 Å². The number of nitro groups is 1. The fourth-order valence-electron chi connectivity index (χ4n) is 1.90. The molecule has 0 unspecified atom stereocenters. The molecule has 0 bridgehead atoms. The summed E-state index contributed by atoms with van der Waals surface area (Å²) >= 11 is 0. The van der Waals surface area contributed by atoms with Crippen molar-refractivity contribution in [1.29, 1.82) is 0 Å². The number of nitro benzene ring substituents is 1. The van der Waals surface area contributed by atoms with Gasteiger partial charge in [-0.05, 0) is 18.6 Å². The summed E-state index contributed by atoms with van der Waals surface area (Å²) < 4.78 is 0. The van der Waals surface area contributed by atoms with Crippen molar-refractivity contribution in [2.75, 3.05) is 18.5 Å². The summed E-state index contributed by atoms with van der Waals surface area (Å²) in [5.74, 6) is 0. The van der Waals surface area contributed by atoms with Gasteiger partial charge in [0.25, 0.3) is 5.69 Å². The van der Waals surface area contributed by atoms with Gasteiger partial charge in [-0.1, -0.05) is 18.2 Å². The molecular formula is C13H14N2O3. The molecule has 2 aromatic rings. The highest BCUT2D eigenvalue weighted by Crippen LogP contribution is 2.31. The Hall–Kier alpha value is -2.14. The van der Waals surface area contributed by atoms with Crippen LogP contribution >= 0.6 is 0 Å². The van der Waals surface area contributed by atoms with Crippen molar-refractivity contribution in [2.24, 2.45) is 0 Å². The molecule has 2 N–H and O–H groups in total. The number of nitrogens with zero attached hydrogens (tertiary/aromatic N) is 1. The number of fused-ring (bicyclic) bond motifs is 1. The molecule has 5 nitrogen and oxygen atoms in total. The summed E-state index contributed by atoms with van der Waals surface area (Å²) in [6, 6.07) is 10.4. The summed E-state index contributed by atoms with van der Waals surface area (Å²) in [4.78, 5) is 10.6. The fraction of sp³-hybridized carbons (Fsp3) is 0.231. The van der Waals surface area contributed by atoms with E-state index in [4.69, 9.17) is 5.11 Å². The monoisotopic (exact) mass is 246 g/mol. The molecule has 18 heavy (non-hydrogen) atoms. The lowest BCUT2D eigenvalue weighted by Crippen LogP contribution is -2.04. The number of aliphatic hydroxyl groups is 1. The van der Waals surface area contributed by atoms with Crippen LogP contribution < -0.4 is 5.32 Å². The molecule has 5 heteroatoms.